The van der Waals surface area contributed by atoms with E-state index in [0.29, 0.717) is 0 Å². The molecule has 1 aliphatic carbocycles. The number of hydrogen-bond acceptors (Lipinski definition) is 2. The Kier molecular flexibility index (Phi) is 4.67. The van der Waals surface area contributed by atoms with E-state index in [1.807, 2.05) is 17.0 Å². The lowest BCUT2D eigenvalue weighted by Crippen LogP contribution is -2.52. The van der Waals surface area contributed by atoms with E-state index in [-0.39, 0.29) is 6.03 Å². The standard InChI is InChI=1S/C18H27N3O/c1-14-11-15(2)13-16(12-14)19-18(22)21-9-7-20(8-10-21)17-5-3-4-6-17/h11-13,17H,3-10H2,1-2H3,(H,19,22). The van der Waals surface area contributed by atoms with E-state index in [0.717, 1.165) is 37.9 Å². The van der Waals surface area contributed by atoms with Crippen LogP contribution in [0.3, 0.4) is 0 Å². The highest BCUT2D eigenvalue weighted by molar-refractivity contribution is 5.89. The van der Waals surface area contributed by atoms with E-state index in [1.165, 1.54) is 36.8 Å². The Morgan fingerprint density at radius 3 is 2.18 bits per heavy atom. The van der Waals surface area contributed by atoms with Crippen LogP contribution in [0.2, 0.25) is 0 Å². The topological polar surface area (TPSA) is 35.6 Å². The van der Waals surface area contributed by atoms with Crippen LogP contribution in [0.1, 0.15) is 36.8 Å². The Labute approximate surface area is 133 Å². The number of nitrogens with zero attached hydrogens (tertiary/aromatic N) is 2. The minimum absolute atomic E-state index is 0.0380. The van der Waals surface area contributed by atoms with E-state index < -0.39 is 0 Å². The van der Waals surface area contributed by atoms with Crippen molar-refractivity contribution in [3.05, 3.63) is 29.3 Å². The maximum atomic E-state index is 12.4. The number of hydrogen-bond donors (Lipinski definition) is 1. The molecule has 1 N–H and O–H groups in total. The number of rotatable bonds is 2. The van der Waals surface area contributed by atoms with E-state index >= 15 is 0 Å². The zero-order valence-electron chi connectivity index (χ0n) is 13.8. The first-order valence-corrected chi connectivity index (χ1v) is 8.50. The van der Waals surface area contributed by atoms with Crippen LogP contribution in [-0.2, 0) is 0 Å². The normalized spacial score (nSPS) is 20.4. The highest BCUT2D eigenvalue weighted by Crippen LogP contribution is 2.24. The monoisotopic (exact) mass is 301 g/mol. The number of urea groups is 1. The summed E-state index contributed by atoms with van der Waals surface area (Å²) in [4.78, 5) is 16.9. The summed E-state index contributed by atoms with van der Waals surface area (Å²) in [5, 5.41) is 3.05. The molecular formula is C18H27N3O. The van der Waals surface area contributed by atoms with Gasteiger partial charge >= 0.3 is 6.03 Å². The van der Waals surface area contributed by atoms with Gasteiger partial charge < -0.3 is 10.2 Å². The van der Waals surface area contributed by atoms with Crippen LogP contribution < -0.4 is 5.32 Å². The average Bonchev–Trinajstić information content (AvgIpc) is 3.00. The molecule has 1 saturated carbocycles. The summed E-state index contributed by atoms with van der Waals surface area (Å²) in [5.41, 5.74) is 3.27. The maximum Gasteiger partial charge on any atom is 0.321 e. The van der Waals surface area contributed by atoms with E-state index in [2.05, 4.69) is 30.1 Å². The first-order valence-electron chi connectivity index (χ1n) is 8.50. The van der Waals surface area contributed by atoms with E-state index in [4.69, 9.17) is 0 Å². The van der Waals surface area contributed by atoms with Crippen LogP contribution in [0.25, 0.3) is 0 Å². The molecule has 4 heteroatoms. The van der Waals surface area contributed by atoms with Gasteiger partial charge in [0.1, 0.15) is 0 Å². The quantitative estimate of drug-likeness (QED) is 0.909. The third-order valence-electron chi connectivity index (χ3n) is 4.92. The van der Waals surface area contributed by atoms with Gasteiger partial charge in [0.15, 0.2) is 0 Å². The molecule has 0 radical (unpaired) electrons. The van der Waals surface area contributed by atoms with Crippen LogP contribution in [0.4, 0.5) is 10.5 Å². The van der Waals surface area contributed by atoms with Crippen molar-refractivity contribution in [2.45, 2.75) is 45.6 Å². The number of carbonyl (C=O) groups excluding carboxylic acids is 1. The number of piperazine rings is 1. The van der Waals surface area contributed by atoms with Crippen molar-refractivity contribution in [2.75, 3.05) is 31.5 Å². The number of amides is 2. The molecule has 2 aliphatic rings. The van der Waals surface area contributed by atoms with Gasteiger partial charge in [-0.15, -0.1) is 0 Å². The Morgan fingerprint density at radius 1 is 1.00 bits per heavy atom. The number of benzene rings is 1. The Morgan fingerprint density at radius 2 is 1.59 bits per heavy atom. The molecule has 0 spiro atoms. The zero-order chi connectivity index (χ0) is 15.5. The fourth-order valence-electron chi connectivity index (χ4n) is 3.81. The van der Waals surface area contributed by atoms with Gasteiger partial charge in [-0.05, 0) is 49.9 Å². The first-order chi connectivity index (χ1) is 10.6. The van der Waals surface area contributed by atoms with Gasteiger partial charge in [0.25, 0.3) is 0 Å². The van der Waals surface area contributed by atoms with Crippen molar-refractivity contribution in [1.29, 1.82) is 0 Å². The van der Waals surface area contributed by atoms with Crippen molar-refractivity contribution in [2.24, 2.45) is 0 Å². The molecule has 1 aromatic rings. The van der Waals surface area contributed by atoms with Gasteiger partial charge in [-0.3, -0.25) is 4.90 Å². The molecule has 0 unspecified atom stereocenters. The summed E-state index contributed by atoms with van der Waals surface area (Å²) in [7, 11) is 0. The Bertz CT molecular complexity index is 509. The molecule has 1 saturated heterocycles. The van der Waals surface area contributed by atoms with Crippen LogP contribution in [0, 0.1) is 13.8 Å². The molecule has 1 aliphatic heterocycles. The predicted octanol–water partition coefficient (Wildman–Crippen LogP) is 3.40. The molecule has 3 rings (SSSR count). The van der Waals surface area contributed by atoms with Gasteiger partial charge in [-0.2, -0.15) is 0 Å². The van der Waals surface area contributed by atoms with Crippen LogP contribution >= 0.6 is 0 Å². The van der Waals surface area contributed by atoms with Crippen molar-refractivity contribution < 1.29 is 4.79 Å². The first kappa shape index (κ1) is 15.3. The smallest absolute Gasteiger partial charge is 0.321 e. The maximum absolute atomic E-state index is 12.4. The Hall–Kier alpha value is -1.55. The summed E-state index contributed by atoms with van der Waals surface area (Å²) >= 11 is 0. The third kappa shape index (κ3) is 3.61. The average molecular weight is 301 g/mol. The SMILES string of the molecule is Cc1cc(C)cc(NC(=O)N2CCN(C3CCCC3)CC2)c1. The minimum atomic E-state index is 0.0380. The highest BCUT2D eigenvalue weighted by Gasteiger charge is 2.27. The lowest BCUT2D eigenvalue weighted by molar-refractivity contribution is 0.115. The minimum Gasteiger partial charge on any atom is -0.322 e. The second kappa shape index (κ2) is 6.69. The third-order valence-corrected chi connectivity index (χ3v) is 4.92. The summed E-state index contributed by atoms with van der Waals surface area (Å²) < 4.78 is 0. The number of anilines is 1. The van der Waals surface area contributed by atoms with Gasteiger partial charge in [-0.25, -0.2) is 4.79 Å². The van der Waals surface area contributed by atoms with Crippen molar-refractivity contribution >= 4 is 11.7 Å². The summed E-state index contributed by atoms with van der Waals surface area (Å²) in [6, 6.07) is 6.98. The van der Waals surface area contributed by atoms with Crippen molar-refractivity contribution in [1.82, 2.24) is 9.80 Å². The molecule has 0 aromatic heterocycles. The second-order valence-corrected chi connectivity index (χ2v) is 6.77. The molecule has 1 heterocycles. The highest BCUT2D eigenvalue weighted by atomic mass is 16.2. The lowest BCUT2D eigenvalue weighted by atomic mass is 10.1. The lowest BCUT2D eigenvalue weighted by Gasteiger charge is -2.38. The molecule has 22 heavy (non-hydrogen) atoms. The molecule has 2 amide bonds. The number of nitrogens with one attached hydrogen (secondary N) is 1. The molecule has 4 nitrogen and oxygen atoms in total. The second-order valence-electron chi connectivity index (χ2n) is 6.77. The molecule has 120 valence electrons. The summed E-state index contributed by atoms with van der Waals surface area (Å²) in [6.07, 6.45) is 5.43. The van der Waals surface area contributed by atoms with E-state index in [1.54, 1.807) is 0 Å². The van der Waals surface area contributed by atoms with Gasteiger partial charge in [0.2, 0.25) is 0 Å². The van der Waals surface area contributed by atoms with E-state index in [9.17, 15) is 4.79 Å². The largest absolute Gasteiger partial charge is 0.322 e. The molecule has 0 bridgehead atoms. The van der Waals surface area contributed by atoms with Crippen molar-refractivity contribution in [3.8, 4) is 0 Å². The number of aryl methyl sites for hydroxylation is 2. The molecule has 1 aromatic carbocycles. The molecule has 2 fully saturated rings. The molecular weight excluding hydrogens is 274 g/mol. The zero-order valence-corrected chi connectivity index (χ0v) is 13.8. The number of carbonyl (C=O) groups is 1. The van der Waals surface area contributed by atoms with Crippen molar-refractivity contribution in [3.63, 3.8) is 0 Å². The summed E-state index contributed by atoms with van der Waals surface area (Å²) in [5.74, 6) is 0. The van der Waals surface area contributed by atoms with Crippen LogP contribution in [0.15, 0.2) is 18.2 Å². The van der Waals surface area contributed by atoms with Gasteiger partial charge in [0, 0.05) is 37.9 Å². The van der Waals surface area contributed by atoms with Gasteiger partial charge in [0.05, 0.1) is 0 Å². The van der Waals surface area contributed by atoms with Gasteiger partial charge in [-0.1, -0.05) is 18.9 Å². The molecule has 0 atom stereocenters. The Balaban J connectivity index is 1.53. The summed E-state index contributed by atoms with van der Waals surface area (Å²) in [6.45, 7) is 7.84. The predicted molar refractivity (Wildman–Crippen MR) is 90.3 cm³/mol. The fraction of sp³-hybridized carbons (Fsp3) is 0.611. The van der Waals surface area contributed by atoms with Crippen LogP contribution in [-0.4, -0.2) is 48.1 Å². The van der Waals surface area contributed by atoms with Crippen LogP contribution in [0.5, 0.6) is 0 Å². The fourth-order valence-corrected chi connectivity index (χ4v) is 3.81.